The fourth-order valence-electron chi connectivity index (χ4n) is 2.11. The lowest BCUT2D eigenvalue weighted by Gasteiger charge is -2.32. The van der Waals surface area contributed by atoms with Crippen molar-refractivity contribution in [3.63, 3.8) is 0 Å². The second-order valence-corrected chi connectivity index (χ2v) is 4.25. The van der Waals surface area contributed by atoms with E-state index in [1.165, 1.54) is 0 Å². The van der Waals surface area contributed by atoms with E-state index in [1.54, 1.807) is 19.2 Å². The summed E-state index contributed by atoms with van der Waals surface area (Å²) in [6.45, 7) is 0.803. The molecule has 1 aromatic rings. The van der Waals surface area contributed by atoms with Gasteiger partial charge in [0.25, 0.3) is 5.91 Å². The van der Waals surface area contributed by atoms with Crippen LogP contribution in [0.5, 0.6) is 0 Å². The Kier molecular flexibility index (Phi) is 3.86. The Morgan fingerprint density at radius 1 is 1.44 bits per heavy atom. The Morgan fingerprint density at radius 2 is 2.28 bits per heavy atom. The lowest BCUT2D eigenvalue weighted by atomic mass is 10.0. The number of hydrogen-bond donors (Lipinski definition) is 1. The fraction of sp³-hybridized carbons (Fsp3) is 0.500. The molecule has 1 aliphatic rings. The Morgan fingerprint density at radius 3 is 2.89 bits per heavy atom. The number of carbonyl (C=O) groups excluding carboxylic acids is 2. The maximum atomic E-state index is 11.3. The van der Waals surface area contributed by atoms with Gasteiger partial charge >= 0.3 is 0 Å². The van der Waals surface area contributed by atoms with Crippen LogP contribution in [0.25, 0.3) is 0 Å². The van der Waals surface area contributed by atoms with E-state index in [-0.39, 0.29) is 17.6 Å². The van der Waals surface area contributed by atoms with Crippen LogP contribution in [0.15, 0.2) is 12.1 Å². The van der Waals surface area contributed by atoms with E-state index in [0.29, 0.717) is 5.82 Å². The zero-order chi connectivity index (χ0) is 13.0. The van der Waals surface area contributed by atoms with Gasteiger partial charge in [0.2, 0.25) is 0 Å². The molecule has 1 unspecified atom stereocenters. The summed E-state index contributed by atoms with van der Waals surface area (Å²) in [5.74, 6) is 0.388. The number of amides is 1. The quantitative estimate of drug-likeness (QED) is 0.783. The van der Waals surface area contributed by atoms with Gasteiger partial charge in [-0.25, -0.2) is 0 Å². The van der Waals surface area contributed by atoms with Gasteiger partial charge in [-0.1, -0.05) is 0 Å². The van der Waals surface area contributed by atoms with Gasteiger partial charge in [0, 0.05) is 13.6 Å². The SMILES string of the molecule is CNC(=O)c1ccc(N2CCCCC2C=O)nn1. The molecule has 0 bridgehead atoms. The summed E-state index contributed by atoms with van der Waals surface area (Å²) in [6, 6.07) is 3.23. The van der Waals surface area contributed by atoms with Crippen LogP contribution in [0.1, 0.15) is 29.8 Å². The van der Waals surface area contributed by atoms with E-state index in [9.17, 15) is 9.59 Å². The molecule has 96 valence electrons. The highest BCUT2D eigenvalue weighted by Crippen LogP contribution is 2.21. The van der Waals surface area contributed by atoms with E-state index in [4.69, 9.17) is 0 Å². The number of hydrogen-bond acceptors (Lipinski definition) is 5. The second-order valence-electron chi connectivity index (χ2n) is 4.25. The summed E-state index contributed by atoms with van der Waals surface area (Å²) in [5, 5.41) is 10.4. The number of nitrogens with one attached hydrogen (secondary N) is 1. The third-order valence-electron chi connectivity index (χ3n) is 3.11. The molecule has 2 rings (SSSR count). The van der Waals surface area contributed by atoms with Crippen molar-refractivity contribution in [2.75, 3.05) is 18.5 Å². The van der Waals surface area contributed by atoms with Gasteiger partial charge in [-0.15, -0.1) is 10.2 Å². The van der Waals surface area contributed by atoms with Crippen LogP contribution >= 0.6 is 0 Å². The van der Waals surface area contributed by atoms with Gasteiger partial charge in [0.1, 0.15) is 6.29 Å². The third kappa shape index (κ3) is 2.47. The summed E-state index contributed by atoms with van der Waals surface area (Å²) in [6.07, 6.45) is 3.91. The molecule has 0 radical (unpaired) electrons. The highest BCUT2D eigenvalue weighted by atomic mass is 16.1. The topological polar surface area (TPSA) is 75.2 Å². The van der Waals surface area contributed by atoms with E-state index in [1.807, 2.05) is 4.90 Å². The highest BCUT2D eigenvalue weighted by molar-refractivity contribution is 5.91. The largest absolute Gasteiger partial charge is 0.354 e. The Labute approximate surface area is 105 Å². The summed E-state index contributed by atoms with van der Waals surface area (Å²) in [7, 11) is 1.55. The second kappa shape index (κ2) is 5.57. The first kappa shape index (κ1) is 12.5. The van der Waals surface area contributed by atoms with E-state index < -0.39 is 0 Å². The predicted molar refractivity (Wildman–Crippen MR) is 66.5 cm³/mol. The van der Waals surface area contributed by atoms with E-state index >= 15 is 0 Å². The van der Waals surface area contributed by atoms with Crippen LogP contribution in [-0.2, 0) is 4.79 Å². The first-order valence-corrected chi connectivity index (χ1v) is 6.04. The maximum Gasteiger partial charge on any atom is 0.271 e. The summed E-state index contributed by atoms with van der Waals surface area (Å²) < 4.78 is 0. The molecule has 6 heteroatoms. The van der Waals surface area contributed by atoms with E-state index in [2.05, 4.69) is 15.5 Å². The molecule has 1 fully saturated rings. The number of aromatic nitrogens is 2. The van der Waals surface area contributed by atoms with Crippen LogP contribution in [0.2, 0.25) is 0 Å². The number of nitrogens with zero attached hydrogens (tertiary/aromatic N) is 3. The van der Waals surface area contributed by atoms with Crippen LogP contribution in [0.4, 0.5) is 5.82 Å². The van der Waals surface area contributed by atoms with Crippen molar-refractivity contribution in [1.82, 2.24) is 15.5 Å². The van der Waals surface area contributed by atoms with Gasteiger partial charge in [-0.2, -0.15) is 0 Å². The van der Waals surface area contributed by atoms with Crippen LogP contribution in [0, 0.1) is 0 Å². The molecular formula is C12H16N4O2. The Bertz CT molecular complexity index is 432. The van der Waals surface area contributed by atoms with Crippen molar-refractivity contribution >= 4 is 18.0 Å². The van der Waals surface area contributed by atoms with Crippen molar-refractivity contribution < 1.29 is 9.59 Å². The molecular weight excluding hydrogens is 232 g/mol. The van der Waals surface area contributed by atoms with Crippen molar-refractivity contribution in [1.29, 1.82) is 0 Å². The van der Waals surface area contributed by atoms with Gasteiger partial charge in [0.15, 0.2) is 11.5 Å². The molecule has 0 saturated carbocycles. The molecule has 2 heterocycles. The van der Waals surface area contributed by atoms with Crippen molar-refractivity contribution in [2.45, 2.75) is 25.3 Å². The number of piperidine rings is 1. The molecule has 18 heavy (non-hydrogen) atoms. The molecule has 0 aliphatic carbocycles. The molecule has 6 nitrogen and oxygen atoms in total. The minimum Gasteiger partial charge on any atom is -0.354 e. The third-order valence-corrected chi connectivity index (χ3v) is 3.11. The minimum atomic E-state index is -0.264. The normalized spacial score (nSPS) is 19.4. The molecule has 1 N–H and O–H groups in total. The van der Waals surface area contributed by atoms with Crippen molar-refractivity contribution in [2.24, 2.45) is 0 Å². The molecule has 1 saturated heterocycles. The van der Waals surface area contributed by atoms with Gasteiger partial charge in [-0.05, 0) is 31.4 Å². The monoisotopic (exact) mass is 248 g/mol. The van der Waals surface area contributed by atoms with Gasteiger partial charge in [-0.3, -0.25) is 4.79 Å². The lowest BCUT2D eigenvalue weighted by molar-refractivity contribution is -0.109. The first-order valence-electron chi connectivity index (χ1n) is 6.04. The standard InChI is InChI=1S/C12H16N4O2/c1-13-12(18)10-5-6-11(15-14-10)16-7-3-2-4-9(16)8-17/h5-6,8-9H,2-4,7H2,1H3,(H,13,18). The summed E-state index contributed by atoms with van der Waals surface area (Å²) >= 11 is 0. The zero-order valence-electron chi connectivity index (χ0n) is 10.3. The highest BCUT2D eigenvalue weighted by Gasteiger charge is 2.23. The number of carbonyl (C=O) groups is 2. The molecule has 1 aliphatic heterocycles. The molecule has 1 amide bonds. The smallest absolute Gasteiger partial charge is 0.271 e. The molecule has 0 spiro atoms. The van der Waals surface area contributed by atoms with E-state index in [0.717, 1.165) is 32.1 Å². The molecule has 1 aromatic heterocycles. The van der Waals surface area contributed by atoms with Crippen LogP contribution in [-0.4, -0.2) is 42.0 Å². The Balaban J connectivity index is 2.17. The fourth-order valence-corrected chi connectivity index (χ4v) is 2.11. The maximum absolute atomic E-state index is 11.3. The minimum absolute atomic E-state index is 0.126. The number of aldehydes is 1. The van der Waals surface area contributed by atoms with Gasteiger partial charge in [0.05, 0.1) is 6.04 Å². The van der Waals surface area contributed by atoms with Crippen LogP contribution < -0.4 is 10.2 Å². The first-order chi connectivity index (χ1) is 8.76. The predicted octanol–water partition coefficient (Wildman–Crippen LogP) is 0.394. The van der Waals surface area contributed by atoms with Crippen molar-refractivity contribution in [3.8, 4) is 0 Å². The average molecular weight is 248 g/mol. The average Bonchev–Trinajstić information content (AvgIpc) is 2.46. The summed E-state index contributed by atoms with van der Waals surface area (Å²) in [4.78, 5) is 24.3. The summed E-state index contributed by atoms with van der Waals surface area (Å²) in [5.41, 5.74) is 0.279. The van der Waals surface area contributed by atoms with Crippen LogP contribution in [0.3, 0.4) is 0 Å². The number of anilines is 1. The zero-order valence-corrected chi connectivity index (χ0v) is 10.3. The number of rotatable bonds is 3. The Hall–Kier alpha value is -1.98. The molecule has 0 aromatic carbocycles. The van der Waals surface area contributed by atoms with Crippen molar-refractivity contribution in [3.05, 3.63) is 17.8 Å². The molecule has 1 atom stereocenters. The lowest BCUT2D eigenvalue weighted by Crippen LogP contribution is -2.41. The van der Waals surface area contributed by atoms with Gasteiger partial charge < -0.3 is 15.0 Å².